The normalized spacial score (nSPS) is 25.1. The van der Waals surface area contributed by atoms with Gasteiger partial charge in [-0.05, 0) is 36.4 Å². The van der Waals surface area contributed by atoms with E-state index in [0.29, 0.717) is 5.92 Å². The van der Waals surface area contributed by atoms with Crippen LogP contribution >= 0.6 is 28.3 Å². The largest absolute Gasteiger partial charge is 0.330 e. The Balaban J connectivity index is 0.000000845. The van der Waals surface area contributed by atoms with Crippen LogP contribution in [-0.2, 0) is 0 Å². The molecule has 0 bridgehead atoms. The first kappa shape index (κ1) is 11.0. The molecule has 2 atom stereocenters. The standard InChI is InChI=1S/C10H12BrN.ClH/c11-10-4-2-1-3-8(10)9-5-7(9)6-12;/h1-4,7,9H,5-6,12H2;1H/t7-,9+;/m0./s1. The van der Waals surface area contributed by atoms with Crippen LogP contribution in [0.1, 0.15) is 17.9 Å². The molecular weight excluding hydrogens is 249 g/mol. The van der Waals surface area contributed by atoms with Crippen molar-refractivity contribution in [2.75, 3.05) is 6.54 Å². The van der Waals surface area contributed by atoms with Gasteiger partial charge in [-0.3, -0.25) is 0 Å². The number of hydrogen-bond donors (Lipinski definition) is 1. The lowest BCUT2D eigenvalue weighted by Gasteiger charge is -2.01. The highest BCUT2D eigenvalue weighted by atomic mass is 79.9. The summed E-state index contributed by atoms with van der Waals surface area (Å²) in [4.78, 5) is 0. The minimum Gasteiger partial charge on any atom is -0.330 e. The molecule has 0 unspecified atom stereocenters. The molecule has 2 rings (SSSR count). The SMILES string of the molecule is Cl.NC[C@@H]1C[C@H]1c1ccccc1Br. The van der Waals surface area contributed by atoms with E-state index in [-0.39, 0.29) is 12.4 Å². The number of halogens is 2. The number of benzene rings is 1. The second kappa shape index (κ2) is 4.45. The van der Waals surface area contributed by atoms with Crippen molar-refractivity contribution in [1.29, 1.82) is 0 Å². The molecule has 0 aliphatic heterocycles. The van der Waals surface area contributed by atoms with E-state index in [9.17, 15) is 0 Å². The highest BCUT2D eigenvalue weighted by Gasteiger charge is 2.37. The first-order valence-electron chi connectivity index (χ1n) is 4.27. The van der Waals surface area contributed by atoms with Gasteiger partial charge in [0.2, 0.25) is 0 Å². The van der Waals surface area contributed by atoms with E-state index >= 15 is 0 Å². The van der Waals surface area contributed by atoms with Gasteiger partial charge in [0.1, 0.15) is 0 Å². The Bertz CT molecular complexity index is 290. The molecule has 0 spiro atoms. The van der Waals surface area contributed by atoms with Gasteiger partial charge >= 0.3 is 0 Å². The van der Waals surface area contributed by atoms with Gasteiger partial charge in [0.05, 0.1) is 0 Å². The van der Waals surface area contributed by atoms with Crippen LogP contribution in [0, 0.1) is 5.92 Å². The molecule has 1 nitrogen and oxygen atoms in total. The van der Waals surface area contributed by atoms with Crippen molar-refractivity contribution in [3.63, 3.8) is 0 Å². The molecule has 1 saturated carbocycles. The van der Waals surface area contributed by atoms with E-state index in [0.717, 1.165) is 12.5 Å². The summed E-state index contributed by atoms with van der Waals surface area (Å²) in [5, 5.41) is 0. The molecule has 0 radical (unpaired) electrons. The van der Waals surface area contributed by atoms with Gasteiger partial charge in [0.15, 0.2) is 0 Å². The molecule has 1 aliphatic rings. The number of nitrogens with two attached hydrogens (primary N) is 1. The molecule has 13 heavy (non-hydrogen) atoms. The highest BCUT2D eigenvalue weighted by Crippen LogP contribution is 2.48. The molecular formula is C10H13BrClN. The van der Waals surface area contributed by atoms with Crippen molar-refractivity contribution in [2.24, 2.45) is 11.7 Å². The van der Waals surface area contributed by atoms with Crippen LogP contribution < -0.4 is 5.73 Å². The zero-order chi connectivity index (χ0) is 8.55. The van der Waals surface area contributed by atoms with E-state index < -0.39 is 0 Å². The van der Waals surface area contributed by atoms with Crippen molar-refractivity contribution >= 4 is 28.3 Å². The zero-order valence-electron chi connectivity index (χ0n) is 7.24. The lowest BCUT2D eigenvalue weighted by Crippen LogP contribution is -2.02. The quantitative estimate of drug-likeness (QED) is 0.871. The molecule has 1 aromatic carbocycles. The summed E-state index contributed by atoms with van der Waals surface area (Å²) in [5.41, 5.74) is 7.02. The van der Waals surface area contributed by atoms with Crippen LogP contribution in [0.15, 0.2) is 28.7 Å². The fraction of sp³-hybridized carbons (Fsp3) is 0.400. The van der Waals surface area contributed by atoms with Gasteiger partial charge in [-0.2, -0.15) is 0 Å². The molecule has 2 N–H and O–H groups in total. The Morgan fingerprint density at radius 1 is 1.38 bits per heavy atom. The highest BCUT2D eigenvalue weighted by molar-refractivity contribution is 9.10. The molecule has 3 heteroatoms. The fourth-order valence-corrected chi connectivity index (χ4v) is 2.24. The van der Waals surface area contributed by atoms with Gasteiger partial charge in [-0.25, -0.2) is 0 Å². The van der Waals surface area contributed by atoms with Crippen molar-refractivity contribution in [3.05, 3.63) is 34.3 Å². The maximum Gasteiger partial charge on any atom is 0.0210 e. The summed E-state index contributed by atoms with van der Waals surface area (Å²) in [5.74, 6) is 1.44. The molecule has 0 aromatic heterocycles. The van der Waals surface area contributed by atoms with Gasteiger partial charge in [-0.15, -0.1) is 12.4 Å². The molecule has 1 aromatic rings. The Morgan fingerprint density at radius 3 is 2.62 bits per heavy atom. The third-order valence-electron chi connectivity index (χ3n) is 2.53. The predicted molar refractivity (Wildman–Crippen MR) is 61.3 cm³/mol. The van der Waals surface area contributed by atoms with E-state index in [4.69, 9.17) is 5.73 Å². The molecule has 1 aliphatic carbocycles. The summed E-state index contributed by atoms with van der Waals surface area (Å²) >= 11 is 3.55. The fourth-order valence-electron chi connectivity index (χ4n) is 1.66. The van der Waals surface area contributed by atoms with Crippen molar-refractivity contribution < 1.29 is 0 Å². The second-order valence-corrected chi connectivity index (χ2v) is 4.21. The molecule has 72 valence electrons. The van der Waals surface area contributed by atoms with Crippen LogP contribution in [0.4, 0.5) is 0 Å². The third kappa shape index (κ3) is 2.25. The van der Waals surface area contributed by atoms with Crippen molar-refractivity contribution in [3.8, 4) is 0 Å². The van der Waals surface area contributed by atoms with Crippen LogP contribution in [-0.4, -0.2) is 6.54 Å². The second-order valence-electron chi connectivity index (χ2n) is 3.36. The topological polar surface area (TPSA) is 26.0 Å². The summed E-state index contributed by atoms with van der Waals surface area (Å²) in [7, 11) is 0. The van der Waals surface area contributed by atoms with E-state index in [1.165, 1.54) is 16.5 Å². The van der Waals surface area contributed by atoms with Gasteiger partial charge in [-0.1, -0.05) is 34.1 Å². The Hall–Kier alpha value is -0.0500. The van der Waals surface area contributed by atoms with E-state index in [1.54, 1.807) is 0 Å². The van der Waals surface area contributed by atoms with E-state index in [1.807, 2.05) is 6.07 Å². The Morgan fingerprint density at radius 2 is 2.08 bits per heavy atom. The zero-order valence-corrected chi connectivity index (χ0v) is 9.64. The van der Waals surface area contributed by atoms with Crippen molar-refractivity contribution in [1.82, 2.24) is 0 Å². The Labute approximate surface area is 93.2 Å². The lowest BCUT2D eigenvalue weighted by molar-refractivity contribution is 0.808. The first-order chi connectivity index (χ1) is 5.83. The summed E-state index contributed by atoms with van der Waals surface area (Å²) in [6.45, 7) is 0.825. The number of hydrogen-bond acceptors (Lipinski definition) is 1. The maximum absolute atomic E-state index is 5.60. The summed E-state index contributed by atoms with van der Waals surface area (Å²) in [6, 6.07) is 8.42. The monoisotopic (exact) mass is 261 g/mol. The van der Waals surface area contributed by atoms with Crippen LogP contribution in [0.25, 0.3) is 0 Å². The van der Waals surface area contributed by atoms with Crippen LogP contribution in [0.3, 0.4) is 0 Å². The average Bonchev–Trinajstić information content (AvgIpc) is 2.84. The molecule has 0 saturated heterocycles. The minimum atomic E-state index is 0. The minimum absolute atomic E-state index is 0. The maximum atomic E-state index is 5.60. The molecule has 1 fully saturated rings. The summed E-state index contributed by atoms with van der Waals surface area (Å²) in [6.07, 6.45) is 1.26. The van der Waals surface area contributed by atoms with Gasteiger partial charge in [0, 0.05) is 4.47 Å². The Kier molecular flexibility index (Phi) is 3.77. The lowest BCUT2D eigenvalue weighted by atomic mass is 10.1. The van der Waals surface area contributed by atoms with Gasteiger partial charge in [0.25, 0.3) is 0 Å². The summed E-state index contributed by atoms with van der Waals surface area (Å²) < 4.78 is 1.23. The molecule has 0 heterocycles. The van der Waals surface area contributed by atoms with Crippen LogP contribution in [0.2, 0.25) is 0 Å². The molecule has 0 amide bonds. The van der Waals surface area contributed by atoms with Crippen molar-refractivity contribution in [2.45, 2.75) is 12.3 Å². The smallest absolute Gasteiger partial charge is 0.0210 e. The average molecular weight is 263 g/mol. The first-order valence-corrected chi connectivity index (χ1v) is 5.06. The number of rotatable bonds is 2. The third-order valence-corrected chi connectivity index (χ3v) is 3.25. The van der Waals surface area contributed by atoms with Crippen LogP contribution in [0.5, 0.6) is 0 Å². The predicted octanol–water partition coefficient (Wildman–Crippen LogP) is 2.93. The van der Waals surface area contributed by atoms with Gasteiger partial charge < -0.3 is 5.73 Å². The van der Waals surface area contributed by atoms with E-state index in [2.05, 4.69) is 34.1 Å².